The van der Waals surface area contributed by atoms with Gasteiger partial charge in [0.15, 0.2) is 5.16 Å². The molecular formula is C79H112N26O14S. The fraction of sp³-hybridized carbons (Fsp3) is 0.354. The van der Waals surface area contributed by atoms with Crippen molar-refractivity contribution in [2.75, 3.05) is 48.4 Å². The number of alkyl carbamates (subject to hydrolysis) is 5. The molecule has 4 aromatic heterocycles. The second-order valence-corrected chi connectivity index (χ2v) is 28.6. The van der Waals surface area contributed by atoms with Crippen LogP contribution in [-0.4, -0.2) is 184 Å². The maximum atomic E-state index is 11.7. The molecule has 5 aromatic carbocycles. The number of benzene rings is 5. The van der Waals surface area contributed by atoms with Crippen LogP contribution in [0.3, 0.4) is 0 Å². The van der Waals surface area contributed by atoms with Crippen molar-refractivity contribution in [1.82, 2.24) is 76.5 Å². The number of anilines is 5. The fourth-order valence-corrected chi connectivity index (χ4v) is 8.64. The Morgan fingerprint density at radius 1 is 0.458 bits per heavy atom. The standard InChI is InChI=1S/C16H19N9O.C16H24N2O4.C14H13N7OS.C11H14N2O3.C11H16N2O2.C8H18N2O2.C3H8N2O/c1-10(8-17)22-16-19-9-13(14(18)26)15(24-16)23-11-3-2-4-12(7-11)25-20-5-6-21-25;1-12(10-17-14(19)22-16(2,3)4)18-15(20)21-11-13-8-6-5-7-9-13;1-23-14-16-8-11(12(15)22)13(20-14)19-9-3-2-4-10(7-9)21-17-5-6-18-21;1-8(10(12)14)13-11(15)16-7-9-5-3-2-4-6-9;1-9(7-12)13-11(14)15-8-10-5-3-2-4-6-10;1-6(9)5-10-7(11)12-8(2,3)4;1-2(4)3(5)6/h2-7,9-10H,8,17H2,1H3,(H2,18,26)(H2,19,22,23,24);5-9,12H,10-11H2,1-4H3,(H,17,19)(H,18,20);2-8H,1H3,(H2,15,22)(H,16,19,20);2-6,8H,7H2,1H3,(H2,12,14)(H,13,15);2-6,9H,7-8,12H2,1H3,(H,13,14);6H,5,9H2,1-4H3,(H,10,11);2H,4H2,1H3,(H2,5,6)/t10-;12-;;8-;9-;6-;2-/m11.1111/s1. The van der Waals surface area contributed by atoms with Crippen LogP contribution in [-0.2, 0) is 53.1 Å². The average Bonchev–Trinajstić information content (AvgIpc) is 1.16. The van der Waals surface area contributed by atoms with E-state index in [1.807, 2.05) is 187 Å². The van der Waals surface area contributed by atoms with Crippen molar-refractivity contribution in [3.05, 3.63) is 205 Å². The Morgan fingerprint density at radius 3 is 1.19 bits per heavy atom. The van der Waals surface area contributed by atoms with Gasteiger partial charge >= 0.3 is 30.5 Å². The summed E-state index contributed by atoms with van der Waals surface area (Å²) in [7, 11) is 0. The number of amides is 9. The zero-order chi connectivity index (χ0) is 89.3. The van der Waals surface area contributed by atoms with Crippen molar-refractivity contribution in [3.63, 3.8) is 0 Å². The smallest absolute Gasteiger partial charge is 0.408 e. The van der Waals surface area contributed by atoms with Crippen LogP contribution >= 0.6 is 11.8 Å². The Morgan fingerprint density at radius 2 is 0.833 bits per heavy atom. The molecule has 9 amide bonds. The Bertz CT molecular complexity index is 4570. The molecule has 4 heterocycles. The van der Waals surface area contributed by atoms with E-state index in [0.717, 1.165) is 33.8 Å². The number of rotatable bonds is 28. The van der Waals surface area contributed by atoms with Gasteiger partial charge in [0.1, 0.15) is 59.8 Å². The molecular weight excluding hydrogens is 1570 g/mol. The topological polar surface area (TPSA) is 617 Å². The van der Waals surface area contributed by atoms with Crippen molar-refractivity contribution in [1.29, 1.82) is 0 Å². The molecule has 0 aliphatic heterocycles. The molecule has 0 saturated carbocycles. The molecule has 9 rings (SSSR count). The highest BCUT2D eigenvalue weighted by Crippen LogP contribution is 2.24. The maximum absolute atomic E-state index is 11.7. The molecule has 24 N–H and O–H groups in total. The molecule has 9 aromatic rings. The lowest BCUT2D eigenvalue weighted by Crippen LogP contribution is -2.43. The number of hydrogen-bond donors (Lipinski definition) is 16. The van der Waals surface area contributed by atoms with Gasteiger partial charge in [-0.25, -0.2) is 38.9 Å². The molecule has 0 aliphatic carbocycles. The normalized spacial score (nSPS) is 11.9. The van der Waals surface area contributed by atoms with E-state index in [0.29, 0.717) is 48.1 Å². The number of ether oxygens (including phenoxy) is 5. The minimum Gasteiger partial charge on any atom is -0.445 e. The summed E-state index contributed by atoms with van der Waals surface area (Å²) in [6.07, 6.45) is 8.48. The maximum Gasteiger partial charge on any atom is 0.408 e. The summed E-state index contributed by atoms with van der Waals surface area (Å²) in [6.45, 7) is 23.3. The van der Waals surface area contributed by atoms with E-state index in [1.54, 1.807) is 59.4 Å². The van der Waals surface area contributed by atoms with Crippen LogP contribution in [0.4, 0.5) is 52.9 Å². The predicted molar refractivity (Wildman–Crippen MR) is 455 cm³/mol. The summed E-state index contributed by atoms with van der Waals surface area (Å²) >= 11 is 1.38. The molecule has 0 bridgehead atoms. The first-order valence-corrected chi connectivity index (χ1v) is 38.5. The summed E-state index contributed by atoms with van der Waals surface area (Å²) in [5.41, 5.74) is 46.9. The number of primary amides is 4. The Labute approximate surface area is 700 Å². The molecule has 0 spiro atoms. The van der Waals surface area contributed by atoms with Gasteiger partial charge in [-0.1, -0.05) is 115 Å². The lowest BCUT2D eigenvalue weighted by atomic mass is 10.2. The van der Waals surface area contributed by atoms with E-state index < -0.39 is 77.4 Å². The van der Waals surface area contributed by atoms with E-state index >= 15 is 0 Å². The lowest BCUT2D eigenvalue weighted by molar-refractivity contribution is -0.120. The van der Waals surface area contributed by atoms with Gasteiger partial charge < -0.3 is 112 Å². The number of nitrogens with one attached hydrogen (secondary N) is 8. The van der Waals surface area contributed by atoms with Crippen LogP contribution in [0.25, 0.3) is 11.4 Å². The second-order valence-electron chi connectivity index (χ2n) is 27.8. The van der Waals surface area contributed by atoms with Crippen LogP contribution in [0, 0.1) is 0 Å². The summed E-state index contributed by atoms with van der Waals surface area (Å²) in [6, 6.07) is 41.3. The van der Waals surface area contributed by atoms with E-state index in [2.05, 4.69) is 88.6 Å². The van der Waals surface area contributed by atoms with Crippen molar-refractivity contribution in [3.8, 4) is 11.4 Å². The van der Waals surface area contributed by atoms with E-state index in [1.165, 1.54) is 40.7 Å². The third-order valence-electron chi connectivity index (χ3n) is 14.4. The monoisotopic (exact) mass is 1680 g/mol. The molecule has 0 saturated heterocycles. The first-order chi connectivity index (χ1) is 56.8. The number of thioether (sulfide) groups is 1. The number of carbonyl (C=O) groups is 9. The minimum atomic E-state index is -0.733. The van der Waals surface area contributed by atoms with Gasteiger partial charge in [-0.2, -0.15) is 35.0 Å². The van der Waals surface area contributed by atoms with Gasteiger partial charge in [-0.15, -0.1) is 0 Å². The van der Waals surface area contributed by atoms with Crippen LogP contribution in [0.2, 0.25) is 0 Å². The fourth-order valence-electron chi connectivity index (χ4n) is 8.30. The molecule has 40 nitrogen and oxygen atoms in total. The first-order valence-electron chi connectivity index (χ1n) is 37.2. The van der Waals surface area contributed by atoms with Gasteiger partial charge in [0.2, 0.25) is 17.8 Å². The molecule has 0 aliphatic rings. The van der Waals surface area contributed by atoms with Crippen LogP contribution in [0.5, 0.6) is 0 Å². The molecule has 0 unspecified atom stereocenters. The highest BCUT2D eigenvalue weighted by Gasteiger charge is 2.21. The SMILES string of the molecule is CSc1ncc(C(N)=O)c(Nc2cccc(-n3nccn3)c2)n1.C[C@@H](N)C(N)=O.C[C@@H](N)CNC(=O)OC(C)(C)C.C[C@@H](NC(=O)OCc1ccccc1)C(N)=O.C[C@H](CN)NC(=O)OCc1ccccc1.C[C@H](CN)Nc1ncc(C(N)=O)c(Nc2cccc(-n3nccn3)c2)n1.C[C@H](CNC(=O)OC(C)(C)C)NC(=O)OCc1ccccc1. The lowest BCUT2D eigenvalue weighted by Gasteiger charge is -2.21. The second kappa shape index (κ2) is 53.6. The van der Waals surface area contributed by atoms with Crippen molar-refractivity contribution < 1.29 is 66.8 Å². The third kappa shape index (κ3) is 43.9. The van der Waals surface area contributed by atoms with Crippen LogP contribution in [0.15, 0.2) is 182 Å². The van der Waals surface area contributed by atoms with Crippen LogP contribution < -0.4 is 88.4 Å². The molecule has 120 heavy (non-hydrogen) atoms. The molecule has 0 fully saturated rings. The Hall–Kier alpha value is -13.6. The van der Waals surface area contributed by atoms with Crippen LogP contribution in [0.1, 0.15) is 120 Å². The molecule has 41 heteroatoms. The number of nitrogens with two attached hydrogens (primary N) is 8. The quantitative estimate of drug-likeness (QED) is 0.0136. The molecule has 6 atom stereocenters. The highest BCUT2D eigenvalue weighted by molar-refractivity contribution is 7.98. The average molecular weight is 1680 g/mol. The summed E-state index contributed by atoms with van der Waals surface area (Å²) in [4.78, 5) is 120. The van der Waals surface area contributed by atoms with Crippen molar-refractivity contribution in [2.45, 2.75) is 156 Å². The van der Waals surface area contributed by atoms with E-state index in [4.69, 9.17) is 63.8 Å². The van der Waals surface area contributed by atoms with Gasteiger partial charge in [0.05, 0.1) is 42.2 Å². The summed E-state index contributed by atoms with van der Waals surface area (Å²) in [5, 5.41) is 38.8. The first kappa shape index (κ1) is 101. The molecule has 0 radical (unpaired) electrons. The van der Waals surface area contributed by atoms with Gasteiger partial charge in [-0.05, 0) is 142 Å². The van der Waals surface area contributed by atoms with E-state index in [9.17, 15) is 43.2 Å². The van der Waals surface area contributed by atoms with Crippen molar-refractivity contribution >= 4 is 94.8 Å². The van der Waals surface area contributed by atoms with Crippen molar-refractivity contribution in [2.24, 2.45) is 45.9 Å². The highest BCUT2D eigenvalue weighted by atomic mass is 32.2. The summed E-state index contributed by atoms with van der Waals surface area (Å²) < 4.78 is 25.1. The minimum absolute atomic E-state index is 0.0171. The largest absolute Gasteiger partial charge is 0.445 e. The number of hydrogen-bond acceptors (Lipinski definition) is 30. The third-order valence-corrected chi connectivity index (χ3v) is 14.9. The molecule has 648 valence electrons. The predicted octanol–water partition coefficient (Wildman–Crippen LogP) is 6.83. The van der Waals surface area contributed by atoms with Gasteiger partial charge in [0.25, 0.3) is 11.8 Å². The number of aromatic nitrogens is 10. The Balaban J connectivity index is 0.000000373. The van der Waals surface area contributed by atoms with Gasteiger partial charge in [-0.3, -0.25) is 19.2 Å². The number of carbonyl (C=O) groups excluding carboxylic acids is 9. The number of nitrogens with zero attached hydrogens (tertiary/aromatic N) is 10. The summed E-state index contributed by atoms with van der Waals surface area (Å²) in [5.74, 6) is -1.28. The zero-order valence-electron chi connectivity index (χ0n) is 69.4. The van der Waals surface area contributed by atoms with Gasteiger partial charge in [0, 0.05) is 74.1 Å². The zero-order valence-corrected chi connectivity index (χ0v) is 70.2. The Kier molecular flexibility index (Phi) is 44.9. The van der Waals surface area contributed by atoms with E-state index in [-0.39, 0.29) is 61.7 Å².